The van der Waals surface area contributed by atoms with Crippen molar-refractivity contribution in [2.75, 3.05) is 4.90 Å². The fourth-order valence-corrected chi connectivity index (χ4v) is 9.03. The van der Waals surface area contributed by atoms with Crippen molar-refractivity contribution < 1.29 is 0 Å². The van der Waals surface area contributed by atoms with Gasteiger partial charge in [0.05, 0.1) is 5.41 Å². The van der Waals surface area contributed by atoms with Crippen molar-refractivity contribution in [3.8, 4) is 33.4 Å². The minimum Gasteiger partial charge on any atom is -0.311 e. The highest BCUT2D eigenvalue weighted by molar-refractivity contribution is 5.86. The van der Waals surface area contributed by atoms with Gasteiger partial charge >= 0.3 is 0 Å². The molecule has 0 amide bonds. The van der Waals surface area contributed by atoms with Crippen molar-refractivity contribution in [2.45, 2.75) is 17.8 Å². The van der Waals surface area contributed by atoms with Gasteiger partial charge in [-0.3, -0.25) is 0 Å². The Morgan fingerprint density at radius 3 is 1.41 bits per heavy atom. The summed E-state index contributed by atoms with van der Waals surface area (Å²) in [5, 5.41) is 0. The molecule has 1 nitrogen and oxygen atoms in total. The second kappa shape index (κ2) is 14.4. The molecule has 1 atom stereocenters. The van der Waals surface area contributed by atoms with E-state index in [4.69, 9.17) is 0 Å². The SMILES string of the molecule is C1=CC(c2ccc(-c3ccccc3)cc2)CC=C1N(c1ccccc1)c1ccc(-c2ccc(C3(c4ccccc4)c4ccccc4-c4ccccc43)cc2)cc1. The zero-order valence-electron chi connectivity index (χ0n) is 31.2. The number of allylic oxidation sites excluding steroid dienone is 3. The monoisotopic (exact) mass is 715 g/mol. The third-order valence-corrected chi connectivity index (χ3v) is 11.7. The highest BCUT2D eigenvalue weighted by atomic mass is 15.1. The van der Waals surface area contributed by atoms with Gasteiger partial charge in [-0.05, 0) is 98.0 Å². The van der Waals surface area contributed by atoms with E-state index in [0.717, 1.165) is 17.8 Å². The summed E-state index contributed by atoms with van der Waals surface area (Å²) in [5.74, 6) is 0.346. The minimum atomic E-state index is -0.390. The van der Waals surface area contributed by atoms with E-state index in [-0.39, 0.29) is 0 Å². The molecule has 8 aromatic carbocycles. The average molecular weight is 716 g/mol. The van der Waals surface area contributed by atoms with Crippen LogP contribution >= 0.6 is 0 Å². The second-order valence-electron chi connectivity index (χ2n) is 14.8. The van der Waals surface area contributed by atoms with E-state index in [9.17, 15) is 0 Å². The Bertz CT molecular complexity index is 2630. The van der Waals surface area contributed by atoms with Crippen LogP contribution in [-0.2, 0) is 5.41 Å². The van der Waals surface area contributed by atoms with E-state index in [1.54, 1.807) is 0 Å². The van der Waals surface area contributed by atoms with Crippen molar-refractivity contribution in [3.05, 3.63) is 264 Å². The van der Waals surface area contributed by atoms with Crippen LogP contribution in [0, 0.1) is 0 Å². The molecule has 8 aromatic rings. The summed E-state index contributed by atoms with van der Waals surface area (Å²) in [6.45, 7) is 0. The zero-order valence-corrected chi connectivity index (χ0v) is 31.2. The number of anilines is 2. The van der Waals surface area contributed by atoms with Crippen LogP contribution in [0.25, 0.3) is 33.4 Å². The molecule has 0 heterocycles. The molecule has 10 rings (SSSR count). The minimum absolute atomic E-state index is 0.346. The highest BCUT2D eigenvalue weighted by Crippen LogP contribution is 2.56. The number of benzene rings is 8. The number of rotatable bonds is 8. The predicted octanol–water partition coefficient (Wildman–Crippen LogP) is 14.1. The Morgan fingerprint density at radius 2 is 0.839 bits per heavy atom. The summed E-state index contributed by atoms with van der Waals surface area (Å²) in [7, 11) is 0. The Hall–Kier alpha value is -6.96. The summed E-state index contributed by atoms with van der Waals surface area (Å²) >= 11 is 0. The lowest BCUT2D eigenvalue weighted by Crippen LogP contribution is -2.28. The van der Waals surface area contributed by atoms with Crippen LogP contribution in [0.2, 0.25) is 0 Å². The van der Waals surface area contributed by atoms with Crippen molar-refractivity contribution in [1.82, 2.24) is 0 Å². The molecule has 2 aliphatic rings. The Balaban J connectivity index is 0.946. The van der Waals surface area contributed by atoms with E-state index < -0.39 is 5.41 Å². The van der Waals surface area contributed by atoms with Crippen molar-refractivity contribution >= 4 is 11.4 Å². The maximum absolute atomic E-state index is 2.39. The summed E-state index contributed by atoms with van der Waals surface area (Å²) in [4.78, 5) is 2.37. The first-order valence-corrected chi connectivity index (χ1v) is 19.6. The molecule has 1 heteroatoms. The first-order valence-electron chi connectivity index (χ1n) is 19.6. The molecular formula is C55H41N. The molecule has 1 unspecified atom stereocenters. The van der Waals surface area contributed by atoms with Crippen molar-refractivity contribution in [1.29, 1.82) is 0 Å². The van der Waals surface area contributed by atoms with Crippen LogP contribution < -0.4 is 4.90 Å². The number of nitrogens with zero attached hydrogens (tertiary/aromatic N) is 1. The molecular weight excluding hydrogens is 675 g/mol. The van der Waals surface area contributed by atoms with Crippen molar-refractivity contribution in [2.24, 2.45) is 0 Å². The zero-order chi connectivity index (χ0) is 37.3. The molecule has 0 saturated carbocycles. The lowest BCUT2D eigenvalue weighted by molar-refractivity contribution is 0.768. The fourth-order valence-electron chi connectivity index (χ4n) is 9.03. The van der Waals surface area contributed by atoms with Gasteiger partial charge in [0.15, 0.2) is 0 Å². The van der Waals surface area contributed by atoms with E-state index >= 15 is 0 Å². The van der Waals surface area contributed by atoms with E-state index in [1.807, 2.05) is 0 Å². The third-order valence-electron chi connectivity index (χ3n) is 11.7. The van der Waals surface area contributed by atoms with E-state index in [2.05, 4.69) is 235 Å². The Kier molecular flexibility index (Phi) is 8.61. The smallest absolute Gasteiger partial charge is 0.0713 e. The van der Waals surface area contributed by atoms with Crippen LogP contribution in [0.15, 0.2) is 236 Å². The number of para-hydroxylation sites is 1. The largest absolute Gasteiger partial charge is 0.311 e. The van der Waals surface area contributed by atoms with Gasteiger partial charge < -0.3 is 4.90 Å². The topological polar surface area (TPSA) is 3.24 Å². The normalized spacial score (nSPS) is 15.1. The molecule has 266 valence electrons. The molecule has 0 saturated heterocycles. The standard InChI is InChI=1S/C55H41N/c1-4-14-40(15-5-1)41-24-26-42(27-25-41)44-30-36-49(37-31-44)56(48-18-8-3-9-19-48)50-38-32-45(33-39-50)43-28-34-47(35-29-43)55(46-16-6-2-7-17-46)53-22-12-10-20-51(53)52-21-11-13-23-54(52)55/h1-30,32-39,44H,31H2. The van der Waals surface area contributed by atoms with Crippen LogP contribution in [0.3, 0.4) is 0 Å². The maximum Gasteiger partial charge on any atom is 0.0713 e. The molecule has 0 N–H and O–H groups in total. The van der Waals surface area contributed by atoms with Gasteiger partial charge in [0.1, 0.15) is 0 Å². The fraction of sp³-hybridized carbons (Fsp3) is 0.0545. The quantitative estimate of drug-likeness (QED) is 0.151. The first kappa shape index (κ1) is 33.6. The summed E-state index contributed by atoms with van der Waals surface area (Å²) in [6, 6.07) is 77.5. The third kappa shape index (κ3) is 5.81. The maximum atomic E-state index is 2.39. The van der Waals surface area contributed by atoms with E-state index in [0.29, 0.717) is 5.92 Å². The number of hydrogen-bond donors (Lipinski definition) is 0. The van der Waals surface area contributed by atoms with Crippen LogP contribution in [-0.4, -0.2) is 0 Å². The second-order valence-corrected chi connectivity index (χ2v) is 14.8. The molecule has 0 radical (unpaired) electrons. The Morgan fingerprint density at radius 1 is 0.393 bits per heavy atom. The summed E-state index contributed by atoms with van der Waals surface area (Å²) < 4.78 is 0. The van der Waals surface area contributed by atoms with Gasteiger partial charge in [-0.2, -0.15) is 0 Å². The first-order chi connectivity index (χ1) is 27.8. The molecule has 56 heavy (non-hydrogen) atoms. The van der Waals surface area contributed by atoms with Gasteiger partial charge in [0.25, 0.3) is 0 Å². The lowest BCUT2D eigenvalue weighted by Gasteiger charge is -2.34. The van der Waals surface area contributed by atoms with Gasteiger partial charge in [0.2, 0.25) is 0 Å². The Labute approximate surface area is 330 Å². The van der Waals surface area contributed by atoms with Crippen molar-refractivity contribution in [3.63, 3.8) is 0 Å². The van der Waals surface area contributed by atoms with Crippen LogP contribution in [0.4, 0.5) is 11.4 Å². The average Bonchev–Trinajstić information content (AvgIpc) is 3.59. The lowest BCUT2D eigenvalue weighted by atomic mass is 9.67. The summed E-state index contributed by atoms with van der Waals surface area (Å²) in [5.41, 5.74) is 17.2. The highest BCUT2D eigenvalue weighted by Gasteiger charge is 2.45. The molecule has 2 aliphatic carbocycles. The van der Waals surface area contributed by atoms with Gasteiger partial charge in [-0.1, -0.05) is 200 Å². The molecule has 0 aromatic heterocycles. The number of fused-ring (bicyclic) bond motifs is 3. The van der Waals surface area contributed by atoms with Gasteiger partial charge in [-0.25, -0.2) is 0 Å². The molecule has 0 aliphatic heterocycles. The van der Waals surface area contributed by atoms with Gasteiger partial charge in [-0.15, -0.1) is 0 Å². The van der Waals surface area contributed by atoms with E-state index in [1.165, 1.54) is 66.9 Å². The molecule has 0 fully saturated rings. The molecule has 0 spiro atoms. The van der Waals surface area contributed by atoms with Crippen LogP contribution in [0.1, 0.15) is 40.2 Å². The van der Waals surface area contributed by atoms with Crippen LogP contribution in [0.5, 0.6) is 0 Å². The summed E-state index contributed by atoms with van der Waals surface area (Å²) in [6.07, 6.45) is 7.99. The number of hydrogen-bond acceptors (Lipinski definition) is 1. The predicted molar refractivity (Wildman–Crippen MR) is 234 cm³/mol. The molecule has 0 bridgehead atoms. The van der Waals surface area contributed by atoms with Gasteiger partial charge in [0, 0.05) is 23.0 Å².